The second kappa shape index (κ2) is 8.44. The summed E-state index contributed by atoms with van der Waals surface area (Å²) in [5.74, 6) is -0.870. The van der Waals surface area contributed by atoms with E-state index < -0.39 is 17.5 Å². The second-order valence-corrected chi connectivity index (χ2v) is 7.27. The molecule has 0 aliphatic carbocycles. The molecule has 1 heterocycles. The third kappa shape index (κ3) is 4.17. The van der Waals surface area contributed by atoms with Crippen molar-refractivity contribution in [3.8, 4) is 0 Å². The van der Waals surface area contributed by atoms with Crippen LogP contribution < -0.4 is 10.6 Å². The first-order chi connectivity index (χ1) is 13.4. The lowest BCUT2D eigenvalue weighted by atomic mass is 9.92. The predicted octanol–water partition coefficient (Wildman–Crippen LogP) is 2.86. The van der Waals surface area contributed by atoms with E-state index in [2.05, 4.69) is 10.6 Å². The smallest absolute Gasteiger partial charge is 0.325 e. The van der Waals surface area contributed by atoms with Crippen LogP contribution in [0.5, 0.6) is 0 Å². The number of amides is 4. The normalized spacial score (nSPS) is 18.9. The zero-order valence-corrected chi connectivity index (χ0v) is 16.3. The first-order valence-electron chi connectivity index (χ1n) is 9.11. The number of carbonyl (C=O) groups excluding carboxylic acids is 3. The van der Waals surface area contributed by atoms with E-state index in [4.69, 9.17) is 11.6 Å². The number of urea groups is 1. The average molecular weight is 400 g/mol. The van der Waals surface area contributed by atoms with E-state index in [9.17, 15) is 14.4 Å². The number of nitrogens with zero attached hydrogens (tertiary/aromatic N) is 1. The van der Waals surface area contributed by atoms with Gasteiger partial charge in [-0.15, -0.1) is 0 Å². The Labute approximate surface area is 168 Å². The second-order valence-electron chi connectivity index (χ2n) is 6.87. The summed E-state index contributed by atoms with van der Waals surface area (Å²) in [5, 5.41) is 5.80. The lowest BCUT2D eigenvalue weighted by Crippen LogP contribution is -2.43. The highest BCUT2D eigenvalue weighted by Gasteiger charge is 2.50. The molecule has 2 aromatic carbocycles. The highest BCUT2D eigenvalue weighted by atomic mass is 35.5. The molecule has 0 unspecified atom stereocenters. The Kier molecular flexibility index (Phi) is 5.99. The van der Waals surface area contributed by atoms with Crippen molar-refractivity contribution < 1.29 is 14.4 Å². The number of hydrogen-bond donors (Lipinski definition) is 2. The van der Waals surface area contributed by atoms with Crippen molar-refractivity contribution in [2.75, 3.05) is 13.1 Å². The lowest BCUT2D eigenvalue weighted by molar-refractivity contribution is -0.134. The zero-order chi connectivity index (χ0) is 20.1. The number of carbonyl (C=O) groups is 3. The molecular formula is C21H22ClN3O3. The van der Waals surface area contributed by atoms with Crippen molar-refractivity contribution in [2.45, 2.75) is 25.3 Å². The number of nitrogens with one attached hydrogen (secondary N) is 2. The highest BCUT2D eigenvalue weighted by molar-refractivity contribution is 6.32. The first-order valence-corrected chi connectivity index (χ1v) is 9.49. The van der Waals surface area contributed by atoms with E-state index in [0.717, 1.165) is 17.7 Å². The summed E-state index contributed by atoms with van der Waals surface area (Å²) < 4.78 is 0. The number of benzene rings is 2. The van der Waals surface area contributed by atoms with Gasteiger partial charge in [0.25, 0.3) is 5.91 Å². The monoisotopic (exact) mass is 399 g/mol. The molecule has 0 bridgehead atoms. The molecule has 1 aliphatic rings. The quantitative estimate of drug-likeness (QED) is 0.555. The molecule has 0 radical (unpaired) electrons. The van der Waals surface area contributed by atoms with Gasteiger partial charge in [-0.25, -0.2) is 4.79 Å². The minimum Gasteiger partial charge on any atom is -0.355 e. The molecule has 1 aliphatic heterocycles. The third-order valence-electron chi connectivity index (χ3n) is 4.80. The fourth-order valence-corrected chi connectivity index (χ4v) is 3.58. The molecule has 1 saturated heterocycles. The summed E-state index contributed by atoms with van der Waals surface area (Å²) in [6.07, 6.45) is 1.61. The van der Waals surface area contributed by atoms with E-state index >= 15 is 0 Å². The Bertz CT molecular complexity index is 887. The summed E-state index contributed by atoms with van der Waals surface area (Å²) in [6, 6.07) is 16.2. The van der Waals surface area contributed by atoms with Crippen LogP contribution in [-0.4, -0.2) is 35.8 Å². The van der Waals surface area contributed by atoms with Gasteiger partial charge in [-0.2, -0.15) is 0 Å². The van der Waals surface area contributed by atoms with Crippen molar-refractivity contribution in [3.05, 3.63) is 70.7 Å². The van der Waals surface area contributed by atoms with Crippen molar-refractivity contribution in [1.29, 1.82) is 0 Å². The molecule has 6 nitrogen and oxygen atoms in total. The number of imide groups is 1. The van der Waals surface area contributed by atoms with Gasteiger partial charge in [0.2, 0.25) is 5.91 Å². The van der Waals surface area contributed by atoms with Gasteiger partial charge in [-0.05, 0) is 31.4 Å². The molecule has 0 saturated carbocycles. The Morgan fingerprint density at radius 1 is 1.11 bits per heavy atom. The lowest BCUT2D eigenvalue weighted by Gasteiger charge is -2.23. The van der Waals surface area contributed by atoms with Crippen molar-refractivity contribution in [3.63, 3.8) is 0 Å². The number of aryl methyl sites for hydroxylation is 1. The average Bonchev–Trinajstić information content (AvgIpc) is 2.90. The van der Waals surface area contributed by atoms with Crippen molar-refractivity contribution in [1.82, 2.24) is 15.5 Å². The topological polar surface area (TPSA) is 78.5 Å². The minimum atomic E-state index is -1.29. The number of halogens is 1. The standard InChI is InChI=1S/C21H22ClN3O3/c1-21(16-11-5-6-12-17(16)22)19(27)25(20(28)24-21)14-18(26)23-13-7-10-15-8-3-2-4-9-15/h2-6,8-9,11-12H,7,10,13-14H2,1H3,(H,23,26)(H,24,28)/t21-/m0/s1. The van der Waals surface area contributed by atoms with E-state index in [-0.39, 0.29) is 12.5 Å². The first kappa shape index (κ1) is 19.9. The van der Waals surface area contributed by atoms with Gasteiger partial charge in [-0.3, -0.25) is 14.5 Å². The zero-order valence-electron chi connectivity index (χ0n) is 15.6. The molecule has 2 N–H and O–H groups in total. The Balaban J connectivity index is 1.55. The summed E-state index contributed by atoms with van der Waals surface area (Å²) in [4.78, 5) is 38.3. The van der Waals surface area contributed by atoms with Crippen LogP contribution in [0.2, 0.25) is 5.02 Å². The van der Waals surface area contributed by atoms with E-state index in [0.29, 0.717) is 17.1 Å². The van der Waals surface area contributed by atoms with Crippen LogP contribution in [0.4, 0.5) is 4.79 Å². The third-order valence-corrected chi connectivity index (χ3v) is 5.13. The van der Waals surface area contributed by atoms with Crippen LogP contribution in [0.1, 0.15) is 24.5 Å². The SMILES string of the molecule is C[C@@]1(c2ccccc2Cl)NC(=O)N(CC(=O)NCCCc2ccccc2)C1=O. The Morgan fingerprint density at radius 3 is 2.50 bits per heavy atom. The van der Waals surface area contributed by atoms with Gasteiger partial charge >= 0.3 is 6.03 Å². The molecule has 7 heteroatoms. The maximum absolute atomic E-state index is 12.8. The summed E-state index contributed by atoms with van der Waals surface area (Å²) in [5.41, 5.74) is 0.408. The summed E-state index contributed by atoms with van der Waals surface area (Å²) in [6.45, 7) is 1.74. The fraction of sp³-hybridized carbons (Fsp3) is 0.286. The fourth-order valence-electron chi connectivity index (χ4n) is 3.25. The summed E-state index contributed by atoms with van der Waals surface area (Å²) >= 11 is 6.19. The van der Waals surface area contributed by atoms with Gasteiger partial charge in [0.05, 0.1) is 0 Å². The van der Waals surface area contributed by atoms with E-state index in [1.165, 1.54) is 5.56 Å². The molecule has 2 aromatic rings. The van der Waals surface area contributed by atoms with Crippen LogP contribution in [0.15, 0.2) is 54.6 Å². The number of rotatable bonds is 7. The number of hydrogen-bond acceptors (Lipinski definition) is 3. The van der Waals surface area contributed by atoms with E-state index in [1.54, 1.807) is 31.2 Å². The van der Waals surface area contributed by atoms with Crippen molar-refractivity contribution in [2.24, 2.45) is 0 Å². The molecule has 3 rings (SSSR count). The molecule has 0 spiro atoms. The van der Waals surface area contributed by atoms with Crippen LogP contribution in [0.3, 0.4) is 0 Å². The highest BCUT2D eigenvalue weighted by Crippen LogP contribution is 2.33. The van der Waals surface area contributed by atoms with Crippen molar-refractivity contribution >= 4 is 29.4 Å². The molecule has 0 aromatic heterocycles. The van der Waals surface area contributed by atoms with Crippen LogP contribution >= 0.6 is 11.6 Å². The summed E-state index contributed by atoms with van der Waals surface area (Å²) in [7, 11) is 0. The molecular weight excluding hydrogens is 378 g/mol. The predicted molar refractivity (Wildman–Crippen MR) is 107 cm³/mol. The van der Waals surface area contributed by atoms with Gasteiger partial charge in [0.1, 0.15) is 12.1 Å². The minimum absolute atomic E-state index is 0.323. The molecule has 4 amide bonds. The van der Waals surface area contributed by atoms with Gasteiger partial charge < -0.3 is 10.6 Å². The molecule has 146 valence electrons. The molecule has 1 fully saturated rings. The van der Waals surface area contributed by atoms with Crippen LogP contribution in [-0.2, 0) is 21.5 Å². The maximum Gasteiger partial charge on any atom is 0.325 e. The molecule has 1 atom stereocenters. The van der Waals surface area contributed by atoms with Crippen LogP contribution in [0, 0.1) is 0 Å². The van der Waals surface area contributed by atoms with Gasteiger partial charge in [0.15, 0.2) is 0 Å². The largest absolute Gasteiger partial charge is 0.355 e. The Hall–Kier alpha value is -2.86. The Morgan fingerprint density at radius 2 is 1.79 bits per heavy atom. The van der Waals surface area contributed by atoms with Crippen LogP contribution in [0.25, 0.3) is 0 Å². The van der Waals surface area contributed by atoms with E-state index in [1.807, 2.05) is 30.3 Å². The van der Waals surface area contributed by atoms with Gasteiger partial charge in [0, 0.05) is 17.1 Å². The van der Waals surface area contributed by atoms with Gasteiger partial charge in [-0.1, -0.05) is 60.1 Å². The maximum atomic E-state index is 12.8. The molecule has 28 heavy (non-hydrogen) atoms.